The van der Waals surface area contributed by atoms with Crippen LogP contribution in [0.2, 0.25) is 0 Å². The molecule has 0 saturated carbocycles. The zero-order chi connectivity index (χ0) is 24.9. The van der Waals surface area contributed by atoms with Gasteiger partial charge in [-0.3, -0.25) is 4.79 Å². The Morgan fingerprint density at radius 1 is 1.24 bits per heavy atom. The molecule has 8 heteroatoms. The zero-order valence-corrected chi connectivity index (χ0v) is 20.7. The number of rotatable bonds is 12. The van der Waals surface area contributed by atoms with Crippen LogP contribution in [0.3, 0.4) is 0 Å². The molecule has 2 aromatic carbocycles. The first-order valence-corrected chi connectivity index (χ1v) is 12.4. The minimum Gasteiger partial charge on any atom is -0.487 e. The number of aliphatic hydroxyl groups excluding tert-OH is 1. The Labute approximate surface area is 205 Å². The monoisotopic (exact) mass is 488 g/mol. The summed E-state index contributed by atoms with van der Waals surface area (Å²) in [6.07, 6.45) is 3.31. The number of thioether (sulfide) groups is 1. The van der Waals surface area contributed by atoms with E-state index in [9.17, 15) is 14.0 Å². The number of aliphatic hydroxyl groups is 1. The maximum absolute atomic E-state index is 13.9. The number of anilines is 1. The van der Waals surface area contributed by atoms with Crippen molar-refractivity contribution in [2.75, 3.05) is 37.5 Å². The van der Waals surface area contributed by atoms with Crippen molar-refractivity contribution in [3.63, 3.8) is 0 Å². The van der Waals surface area contributed by atoms with Gasteiger partial charge >= 0.3 is 0 Å². The van der Waals surface area contributed by atoms with Gasteiger partial charge in [0, 0.05) is 36.5 Å². The summed E-state index contributed by atoms with van der Waals surface area (Å²) in [5.74, 6) is 2.08. The predicted octanol–water partition coefficient (Wildman–Crippen LogP) is 3.92. The third-order valence-corrected chi connectivity index (χ3v) is 6.38. The second kappa shape index (κ2) is 14.6. The molecule has 3 rings (SSSR count). The fraction of sp³-hybridized carbons (Fsp3) is 0.385. The van der Waals surface area contributed by atoms with Crippen molar-refractivity contribution in [1.82, 2.24) is 5.32 Å². The van der Waals surface area contributed by atoms with Crippen molar-refractivity contribution < 1.29 is 23.8 Å². The summed E-state index contributed by atoms with van der Waals surface area (Å²) in [5, 5.41) is 13.3. The Morgan fingerprint density at radius 3 is 2.71 bits per heavy atom. The third kappa shape index (κ3) is 7.16. The molecule has 1 aliphatic rings. The molecule has 184 valence electrons. The van der Waals surface area contributed by atoms with Crippen LogP contribution in [0.4, 0.5) is 10.1 Å². The van der Waals surface area contributed by atoms with Crippen LogP contribution in [0, 0.1) is 5.82 Å². The van der Waals surface area contributed by atoms with Gasteiger partial charge in [0.15, 0.2) is 6.29 Å². The molecule has 0 aliphatic carbocycles. The van der Waals surface area contributed by atoms with Gasteiger partial charge in [-0.05, 0) is 54.7 Å². The lowest BCUT2D eigenvalue weighted by molar-refractivity contribution is -0.109. The van der Waals surface area contributed by atoms with Crippen LogP contribution in [0.15, 0.2) is 36.4 Å². The van der Waals surface area contributed by atoms with E-state index in [1.807, 2.05) is 23.9 Å². The molecule has 1 atom stereocenters. The van der Waals surface area contributed by atoms with Crippen LogP contribution in [-0.2, 0) is 27.4 Å². The number of carbonyl (C=O) groups is 2. The van der Waals surface area contributed by atoms with E-state index in [2.05, 4.69) is 23.6 Å². The number of ether oxygens (including phenoxy) is 1. The molecule has 34 heavy (non-hydrogen) atoms. The van der Waals surface area contributed by atoms with E-state index >= 15 is 0 Å². The summed E-state index contributed by atoms with van der Waals surface area (Å²) in [4.78, 5) is 23.2. The summed E-state index contributed by atoms with van der Waals surface area (Å²) < 4.78 is 19.7. The standard InChI is InChI=1S/C25H29FN2O3S.CH4O/c1-3-32-11-9-20(14-29)28-10-8-17-4-6-21-18(12-17)16-31-25(21)23(15-30)22-13-19(26)5-7-24(22)27-2;1-2/h4-7,12-15,20,27-28H,3,8-11,16H2,1-2H3;2H,1H3/b25-23-;. The first kappa shape index (κ1) is 27.6. The van der Waals surface area contributed by atoms with E-state index < -0.39 is 5.82 Å². The minimum atomic E-state index is -0.415. The van der Waals surface area contributed by atoms with Gasteiger partial charge in [-0.2, -0.15) is 11.8 Å². The average Bonchev–Trinajstić information content (AvgIpc) is 3.28. The summed E-state index contributed by atoms with van der Waals surface area (Å²) in [5.41, 5.74) is 4.41. The van der Waals surface area contributed by atoms with Gasteiger partial charge in [-0.15, -0.1) is 0 Å². The van der Waals surface area contributed by atoms with Gasteiger partial charge in [0.05, 0.1) is 11.6 Å². The van der Waals surface area contributed by atoms with Crippen LogP contribution < -0.4 is 10.6 Å². The van der Waals surface area contributed by atoms with Crippen LogP contribution in [-0.4, -0.2) is 55.9 Å². The second-order valence-corrected chi connectivity index (χ2v) is 8.91. The van der Waals surface area contributed by atoms with E-state index in [0.717, 1.165) is 54.4 Å². The second-order valence-electron chi connectivity index (χ2n) is 7.51. The molecule has 3 N–H and O–H groups in total. The summed E-state index contributed by atoms with van der Waals surface area (Å²) >= 11 is 1.83. The molecule has 2 aromatic rings. The van der Waals surface area contributed by atoms with E-state index in [1.54, 1.807) is 13.1 Å². The lowest BCUT2D eigenvalue weighted by Gasteiger charge is -2.13. The Hall–Kier alpha value is -2.68. The predicted molar refractivity (Wildman–Crippen MR) is 137 cm³/mol. The molecule has 0 bridgehead atoms. The molecule has 0 amide bonds. The lowest BCUT2D eigenvalue weighted by Crippen LogP contribution is -2.32. The van der Waals surface area contributed by atoms with Gasteiger partial charge in [0.25, 0.3) is 0 Å². The van der Waals surface area contributed by atoms with Crippen molar-refractivity contribution in [3.05, 3.63) is 64.5 Å². The topological polar surface area (TPSA) is 87.7 Å². The highest BCUT2D eigenvalue weighted by Gasteiger charge is 2.24. The van der Waals surface area contributed by atoms with Crippen molar-refractivity contribution in [1.29, 1.82) is 0 Å². The van der Waals surface area contributed by atoms with Crippen molar-refractivity contribution in [2.24, 2.45) is 0 Å². The maximum atomic E-state index is 13.9. The molecule has 0 radical (unpaired) electrons. The fourth-order valence-electron chi connectivity index (χ4n) is 3.77. The van der Waals surface area contributed by atoms with Crippen LogP contribution >= 0.6 is 11.8 Å². The van der Waals surface area contributed by atoms with Crippen LogP contribution in [0.5, 0.6) is 0 Å². The molecule has 0 spiro atoms. The number of nitrogens with one attached hydrogen (secondary N) is 2. The number of aldehydes is 2. The molecule has 1 unspecified atom stereocenters. The highest BCUT2D eigenvalue weighted by Crippen LogP contribution is 2.37. The smallest absolute Gasteiger partial charge is 0.154 e. The molecule has 6 nitrogen and oxygen atoms in total. The summed E-state index contributed by atoms with van der Waals surface area (Å²) in [6.45, 7) is 3.18. The Bertz CT molecular complexity index is 997. The van der Waals surface area contributed by atoms with Gasteiger partial charge < -0.3 is 25.3 Å². The lowest BCUT2D eigenvalue weighted by atomic mass is 9.97. The summed E-state index contributed by atoms with van der Waals surface area (Å²) in [6, 6.07) is 10.2. The van der Waals surface area contributed by atoms with E-state index in [1.165, 1.54) is 12.1 Å². The van der Waals surface area contributed by atoms with Gasteiger partial charge in [0.1, 0.15) is 24.5 Å². The SMILES string of the molecule is CCSCCC(C=O)NCCc1ccc2c(c1)CO/C2=C(/C=O)c1cc(F)ccc1NC.CO. The molecule has 0 aromatic heterocycles. The average molecular weight is 489 g/mol. The van der Waals surface area contributed by atoms with Crippen LogP contribution in [0.25, 0.3) is 11.3 Å². The highest BCUT2D eigenvalue weighted by molar-refractivity contribution is 7.99. The molecule has 0 fully saturated rings. The quantitative estimate of drug-likeness (QED) is 0.237. The first-order chi connectivity index (χ1) is 16.6. The zero-order valence-electron chi connectivity index (χ0n) is 19.9. The number of allylic oxidation sites excluding steroid dienone is 1. The first-order valence-electron chi connectivity index (χ1n) is 11.2. The molecule has 1 heterocycles. The number of benzene rings is 2. The molecule has 0 saturated heterocycles. The molecular weight excluding hydrogens is 455 g/mol. The Morgan fingerprint density at radius 2 is 2.03 bits per heavy atom. The number of hydrogen-bond donors (Lipinski definition) is 3. The van der Waals surface area contributed by atoms with Gasteiger partial charge in [0.2, 0.25) is 0 Å². The third-order valence-electron chi connectivity index (χ3n) is 5.45. The van der Waals surface area contributed by atoms with Crippen LogP contribution in [0.1, 0.15) is 35.6 Å². The number of carbonyl (C=O) groups excluding carboxylic acids is 2. The van der Waals surface area contributed by atoms with E-state index in [-0.39, 0.29) is 6.04 Å². The largest absolute Gasteiger partial charge is 0.487 e. The van der Waals surface area contributed by atoms with E-state index in [0.29, 0.717) is 42.0 Å². The number of hydrogen-bond acceptors (Lipinski definition) is 7. The molecular formula is C26H33FN2O4S. The highest BCUT2D eigenvalue weighted by atomic mass is 32.2. The van der Waals surface area contributed by atoms with Crippen molar-refractivity contribution in [3.8, 4) is 0 Å². The Balaban J connectivity index is 0.00000199. The molecule has 1 aliphatic heterocycles. The fourth-order valence-corrected chi connectivity index (χ4v) is 4.47. The Kier molecular flexibility index (Phi) is 11.8. The summed E-state index contributed by atoms with van der Waals surface area (Å²) in [7, 11) is 2.73. The van der Waals surface area contributed by atoms with Gasteiger partial charge in [-0.1, -0.05) is 25.1 Å². The minimum absolute atomic E-state index is 0.121. The van der Waals surface area contributed by atoms with Gasteiger partial charge in [-0.25, -0.2) is 4.39 Å². The number of halogens is 1. The van der Waals surface area contributed by atoms with E-state index in [4.69, 9.17) is 9.84 Å². The van der Waals surface area contributed by atoms with Crippen molar-refractivity contribution in [2.45, 2.75) is 32.4 Å². The van der Waals surface area contributed by atoms with Crippen molar-refractivity contribution >= 4 is 41.4 Å². The normalized spacial score (nSPS) is 14.3. The number of fused-ring (bicyclic) bond motifs is 1. The maximum Gasteiger partial charge on any atom is 0.154 e.